The highest BCUT2D eigenvalue weighted by molar-refractivity contribution is 5.92. The van der Waals surface area contributed by atoms with Gasteiger partial charge in [0.05, 0.1) is 11.9 Å². The predicted octanol–water partition coefficient (Wildman–Crippen LogP) is 2.80. The number of benzene rings is 1. The smallest absolute Gasteiger partial charge is 0.271 e. The van der Waals surface area contributed by atoms with Gasteiger partial charge >= 0.3 is 0 Å². The van der Waals surface area contributed by atoms with Crippen LogP contribution in [-0.4, -0.2) is 97.3 Å². The van der Waals surface area contributed by atoms with Crippen LogP contribution < -0.4 is 15.5 Å². The van der Waals surface area contributed by atoms with Crippen LogP contribution in [0.5, 0.6) is 0 Å². The van der Waals surface area contributed by atoms with Gasteiger partial charge in [-0.1, -0.05) is 32.9 Å². The molecule has 13 heteroatoms. The molecule has 230 valence electrons. The lowest BCUT2D eigenvalue weighted by molar-refractivity contribution is -0.139. The summed E-state index contributed by atoms with van der Waals surface area (Å²) in [4.78, 5) is 54.5. The second kappa shape index (κ2) is 11.8. The van der Waals surface area contributed by atoms with Gasteiger partial charge in [-0.05, 0) is 37.6 Å². The van der Waals surface area contributed by atoms with Gasteiger partial charge in [-0.15, -0.1) is 0 Å². The van der Waals surface area contributed by atoms with E-state index in [1.807, 2.05) is 44.6 Å². The molecule has 3 aromatic heterocycles. The molecule has 2 fully saturated rings. The largest absolute Gasteiger partial charge is 0.346 e. The Morgan fingerprint density at radius 2 is 1.77 bits per heavy atom. The lowest BCUT2D eigenvalue weighted by Gasteiger charge is -2.37. The van der Waals surface area contributed by atoms with Crippen LogP contribution in [0.2, 0.25) is 0 Å². The summed E-state index contributed by atoms with van der Waals surface area (Å²) in [6, 6.07) is 7.48. The molecule has 2 atom stereocenters. The predicted molar refractivity (Wildman–Crippen MR) is 167 cm³/mol. The summed E-state index contributed by atoms with van der Waals surface area (Å²) in [5, 5.41) is 6.52. The van der Waals surface area contributed by atoms with Crippen LogP contribution in [-0.2, 0) is 10.2 Å². The van der Waals surface area contributed by atoms with Crippen molar-refractivity contribution >= 4 is 35.2 Å². The highest BCUT2D eigenvalue weighted by atomic mass is 16.2. The molecule has 0 spiro atoms. The molecule has 5 heterocycles. The number of carbonyl (C=O) groups excluding carboxylic acids is 2. The lowest BCUT2D eigenvalue weighted by atomic mass is 9.93. The van der Waals surface area contributed by atoms with Gasteiger partial charge in [-0.2, -0.15) is 9.97 Å². The first-order valence-corrected chi connectivity index (χ1v) is 15.0. The number of hydrogen-bond acceptors (Lipinski definition) is 10. The third-order valence-electron chi connectivity index (χ3n) is 8.27. The fraction of sp³-hybridized carbons (Fsp3) is 0.452. The number of likely N-dealkylation sites (N-methyl/N-ethyl adjacent to an activating group) is 2. The first-order chi connectivity index (χ1) is 21.1. The van der Waals surface area contributed by atoms with E-state index >= 15 is 0 Å². The second-order valence-electron chi connectivity index (χ2n) is 12.6. The van der Waals surface area contributed by atoms with Crippen molar-refractivity contribution in [3.8, 4) is 0 Å². The number of nitrogens with one attached hydrogen (secondary N) is 2. The molecule has 2 aliphatic heterocycles. The molecule has 2 saturated heterocycles. The fourth-order valence-corrected chi connectivity index (χ4v) is 5.62. The molecule has 44 heavy (non-hydrogen) atoms. The molecule has 1 unspecified atom stereocenters. The zero-order valence-corrected chi connectivity index (χ0v) is 25.9. The van der Waals surface area contributed by atoms with Crippen LogP contribution >= 0.6 is 0 Å². The van der Waals surface area contributed by atoms with E-state index in [4.69, 9.17) is 9.97 Å². The molecule has 0 radical (unpaired) electrons. The Kier molecular flexibility index (Phi) is 7.89. The standard InChI is InChI=1S/C31H39N11O2/c1-31(2,3)24-18-33-23(17-34-24)26(43)35-22-7-6-13-41(19-22)29-37-28-32-12-14-42(28)30(38-29)36-21-10-8-20(9-11-21)25-27(44)40(5)16-15-39(25)4/h8-12,14,17-18,22,25H,6-7,13,15-16,19H2,1-5H3,(H,35,43)(H,32,36,37,38)/t22-,25?/m0/s1. The molecule has 13 nitrogen and oxygen atoms in total. The molecule has 2 amide bonds. The number of fused-ring (bicyclic) bond motifs is 1. The number of piperidine rings is 1. The number of anilines is 3. The number of amides is 2. The van der Waals surface area contributed by atoms with Crippen molar-refractivity contribution in [1.82, 2.24) is 44.4 Å². The van der Waals surface area contributed by atoms with Crippen LogP contribution in [0.3, 0.4) is 0 Å². The van der Waals surface area contributed by atoms with Crippen molar-refractivity contribution in [2.45, 2.75) is 51.1 Å². The summed E-state index contributed by atoms with van der Waals surface area (Å²) in [5.74, 6) is 1.48. The summed E-state index contributed by atoms with van der Waals surface area (Å²) >= 11 is 0. The molecule has 0 aliphatic carbocycles. The Balaban J connectivity index is 1.16. The Labute approximate surface area is 256 Å². The van der Waals surface area contributed by atoms with Crippen molar-refractivity contribution in [3.63, 3.8) is 0 Å². The fourth-order valence-electron chi connectivity index (χ4n) is 5.62. The maximum absolute atomic E-state index is 13.0. The van der Waals surface area contributed by atoms with E-state index in [2.05, 4.69) is 56.2 Å². The average Bonchev–Trinajstić information content (AvgIpc) is 3.49. The van der Waals surface area contributed by atoms with E-state index in [1.165, 1.54) is 0 Å². The topological polar surface area (TPSA) is 137 Å². The highest BCUT2D eigenvalue weighted by Crippen LogP contribution is 2.27. The summed E-state index contributed by atoms with van der Waals surface area (Å²) in [7, 11) is 3.83. The SMILES string of the molecule is CN1CCN(C)C(c2ccc(Nc3nc(N4CCC[C@H](NC(=O)c5cnc(C(C)(C)C)cn5)C4)nc4nccn34)cc2)C1=O. The Morgan fingerprint density at radius 1 is 0.977 bits per heavy atom. The third-order valence-corrected chi connectivity index (χ3v) is 8.27. The van der Waals surface area contributed by atoms with Gasteiger partial charge in [-0.25, -0.2) is 9.97 Å². The molecule has 0 saturated carbocycles. The second-order valence-corrected chi connectivity index (χ2v) is 12.6. The van der Waals surface area contributed by atoms with Crippen molar-refractivity contribution in [2.75, 3.05) is 50.5 Å². The van der Waals surface area contributed by atoms with Crippen LogP contribution in [0.25, 0.3) is 5.78 Å². The maximum Gasteiger partial charge on any atom is 0.271 e. The molecular weight excluding hydrogens is 558 g/mol. The summed E-state index contributed by atoms with van der Waals surface area (Å²) in [6.07, 6.45) is 8.43. The van der Waals surface area contributed by atoms with Crippen molar-refractivity contribution in [1.29, 1.82) is 0 Å². The minimum Gasteiger partial charge on any atom is -0.346 e. The van der Waals surface area contributed by atoms with Crippen molar-refractivity contribution in [2.24, 2.45) is 0 Å². The van der Waals surface area contributed by atoms with E-state index in [1.54, 1.807) is 27.9 Å². The Morgan fingerprint density at radius 3 is 2.50 bits per heavy atom. The van der Waals surface area contributed by atoms with Gasteiger partial charge in [0.1, 0.15) is 11.7 Å². The molecule has 0 bridgehead atoms. The minimum atomic E-state index is -0.295. The molecule has 4 aromatic rings. The van der Waals surface area contributed by atoms with Gasteiger partial charge in [0.2, 0.25) is 23.6 Å². The molecule has 1 aromatic carbocycles. The van der Waals surface area contributed by atoms with Crippen molar-refractivity contribution < 1.29 is 9.59 Å². The normalized spacial score (nSPS) is 19.8. The number of carbonyl (C=O) groups is 2. The van der Waals surface area contributed by atoms with E-state index in [0.29, 0.717) is 29.9 Å². The number of nitrogens with zero attached hydrogens (tertiary/aromatic N) is 9. The van der Waals surface area contributed by atoms with E-state index in [-0.39, 0.29) is 29.3 Å². The van der Waals surface area contributed by atoms with E-state index in [9.17, 15) is 9.59 Å². The van der Waals surface area contributed by atoms with Crippen LogP contribution in [0.15, 0.2) is 49.1 Å². The van der Waals surface area contributed by atoms with Gasteiger partial charge in [0.15, 0.2) is 0 Å². The number of imidazole rings is 1. The zero-order chi connectivity index (χ0) is 31.0. The van der Waals surface area contributed by atoms with E-state index in [0.717, 1.165) is 49.4 Å². The molecule has 2 N–H and O–H groups in total. The highest BCUT2D eigenvalue weighted by Gasteiger charge is 2.32. The van der Waals surface area contributed by atoms with Gasteiger partial charge < -0.3 is 20.4 Å². The zero-order valence-electron chi connectivity index (χ0n) is 25.9. The maximum atomic E-state index is 13.0. The quantitative estimate of drug-likeness (QED) is 0.341. The monoisotopic (exact) mass is 597 g/mol. The Hall–Kier alpha value is -4.65. The molecule has 2 aliphatic rings. The first-order valence-electron chi connectivity index (χ1n) is 15.0. The summed E-state index contributed by atoms with van der Waals surface area (Å²) in [5.41, 5.74) is 2.78. The van der Waals surface area contributed by atoms with Crippen LogP contribution in [0.4, 0.5) is 17.6 Å². The minimum absolute atomic E-state index is 0.0939. The van der Waals surface area contributed by atoms with E-state index < -0.39 is 0 Å². The summed E-state index contributed by atoms with van der Waals surface area (Å²) < 4.78 is 1.80. The first kappa shape index (κ1) is 29.4. The number of piperazine rings is 1. The van der Waals surface area contributed by atoms with Crippen LogP contribution in [0, 0.1) is 0 Å². The van der Waals surface area contributed by atoms with Gasteiger partial charge in [0.25, 0.3) is 5.91 Å². The average molecular weight is 598 g/mol. The van der Waals surface area contributed by atoms with Crippen LogP contribution in [0.1, 0.15) is 61.4 Å². The molecule has 6 rings (SSSR count). The van der Waals surface area contributed by atoms with Gasteiger partial charge in [0, 0.05) is 69.0 Å². The summed E-state index contributed by atoms with van der Waals surface area (Å²) in [6.45, 7) is 9.06. The molecular formula is C31H39N11O2. The number of aromatic nitrogens is 6. The third kappa shape index (κ3) is 6.05. The number of hydrogen-bond donors (Lipinski definition) is 2. The van der Waals surface area contributed by atoms with Crippen molar-refractivity contribution in [3.05, 3.63) is 66.0 Å². The lowest BCUT2D eigenvalue weighted by Crippen LogP contribution is -2.48. The van der Waals surface area contributed by atoms with Gasteiger partial charge in [-0.3, -0.25) is 23.9 Å². The number of rotatable bonds is 6. The Bertz CT molecular complexity index is 1650.